The number of nitrogens with one attached hydrogen (secondary N) is 1. The van der Waals surface area contributed by atoms with Gasteiger partial charge in [-0.3, -0.25) is 10.2 Å². The molecule has 1 aromatic carbocycles. The van der Waals surface area contributed by atoms with Crippen LogP contribution in [0.3, 0.4) is 0 Å². The van der Waals surface area contributed by atoms with E-state index in [4.69, 9.17) is 5.41 Å². The molecule has 6 nitrogen and oxygen atoms in total. The fourth-order valence-corrected chi connectivity index (χ4v) is 4.62. The average molecular weight is 382 g/mol. The number of carbonyl (C=O) groups is 1. The SMILES string of the molecule is CN(C)c1ccc(/C=C2/C(=N)N3N=C(C4CCCCC4)SC3=NC2=O)cc1. The van der Waals surface area contributed by atoms with E-state index in [0.717, 1.165) is 29.1 Å². The molecule has 7 heteroatoms. The van der Waals surface area contributed by atoms with Crippen LogP contribution in [-0.2, 0) is 4.79 Å². The Bertz CT molecular complexity index is 863. The Balaban J connectivity index is 1.59. The lowest BCUT2D eigenvalue weighted by atomic mass is 9.90. The summed E-state index contributed by atoms with van der Waals surface area (Å²) in [4.78, 5) is 18.7. The number of amides is 1. The molecule has 0 unspecified atom stereocenters. The van der Waals surface area contributed by atoms with E-state index in [2.05, 4.69) is 10.1 Å². The molecule has 2 aliphatic heterocycles. The van der Waals surface area contributed by atoms with Gasteiger partial charge in [-0.15, -0.1) is 0 Å². The lowest BCUT2D eigenvalue weighted by Gasteiger charge is -2.20. The number of amidine groups is 2. The standard InChI is InChI=1S/C20H23N5OS/c1-24(2)15-10-8-13(9-11-15)12-16-17(21)25-20(22-18(16)26)27-19(23-25)14-6-4-3-5-7-14/h8-12,14,21H,3-7H2,1-2H3/b16-12-,21-17?. The molecule has 1 saturated carbocycles. The molecule has 0 aromatic heterocycles. The molecule has 0 atom stereocenters. The molecular weight excluding hydrogens is 358 g/mol. The normalized spacial score (nSPS) is 22.0. The highest BCUT2D eigenvalue weighted by molar-refractivity contribution is 8.27. The highest BCUT2D eigenvalue weighted by Crippen LogP contribution is 2.36. The predicted octanol–water partition coefficient (Wildman–Crippen LogP) is 3.95. The molecule has 1 amide bonds. The molecule has 140 valence electrons. The van der Waals surface area contributed by atoms with Crippen LogP contribution in [-0.4, -0.2) is 41.1 Å². The van der Waals surface area contributed by atoms with Crippen molar-refractivity contribution in [2.24, 2.45) is 16.0 Å². The maximum atomic E-state index is 12.5. The van der Waals surface area contributed by atoms with Gasteiger partial charge < -0.3 is 4.90 Å². The van der Waals surface area contributed by atoms with Gasteiger partial charge in [-0.25, -0.2) is 0 Å². The summed E-state index contributed by atoms with van der Waals surface area (Å²) < 4.78 is 0. The van der Waals surface area contributed by atoms with Crippen molar-refractivity contribution in [1.29, 1.82) is 5.41 Å². The van der Waals surface area contributed by atoms with Crippen molar-refractivity contribution in [3.8, 4) is 0 Å². The van der Waals surface area contributed by atoms with Crippen LogP contribution >= 0.6 is 11.8 Å². The van der Waals surface area contributed by atoms with Crippen LogP contribution in [0, 0.1) is 11.3 Å². The summed E-state index contributed by atoms with van der Waals surface area (Å²) >= 11 is 1.45. The second-order valence-electron chi connectivity index (χ2n) is 7.28. The van der Waals surface area contributed by atoms with Crippen molar-refractivity contribution < 1.29 is 4.79 Å². The fourth-order valence-electron chi connectivity index (χ4n) is 3.56. The number of nitrogens with zero attached hydrogens (tertiary/aromatic N) is 4. The maximum absolute atomic E-state index is 12.5. The third kappa shape index (κ3) is 3.56. The molecule has 3 aliphatic rings. The number of fused-ring (bicyclic) bond motifs is 1. The molecule has 0 radical (unpaired) electrons. The number of hydrogen-bond acceptors (Lipinski definition) is 5. The smallest absolute Gasteiger partial charge is 0.283 e. The van der Waals surface area contributed by atoms with E-state index >= 15 is 0 Å². The summed E-state index contributed by atoms with van der Waals surface area (Å²) in [7, 11) is 3.97. The van der Waals surface area contributed by atoms with E-state index in [-0.39, 0.29) is 17.3 Å². The number of hydrazone groups is 1. The van der Waals surface area contributed by atoms with Gasteiger partial charge in [-0.05, 0) is 48.4 Å². The Hall–Kier alpha value is -2.41. The minimum Gasteiger partial charge on any atom is -0.378 e. The molecule has 2 heterocycles. The zero-order valence-corrected chi connectivity index (χ0v) is 16.4. The van der Waals surface area contributed by atoms with Crippen molar-refractivity contribution in [2.45, 2.75) is 32.1 Å². The summed E-state index contributed by atoms with van der Waals surface area (Å²) in [6.07, 6.45) is 7.72. The first-order chi connectivity index (χ1) is 13.0. The Morgan fingerprint density at radius 1 is 1.19 bits per heavy atom. The molecule has 1 N–H and O–H groups in total. The number of benzene rings is 1. The van der Waals surface area contributed by atoms with Gasteiger partial charge in [0.05, 0.1) is 5.57 Å². The van der Waals surface area contributed by atoms with Crippen molar-refractivity contribution in [2.75, 3.05) is 19.0 Å². The van der Waals surface area contributed by atoms with Gasteiger partial charge in [0.2, 0.25) is 5.17 Å². The van der Waals surface area contributed by atoms with Crippen molar-refractivity contribution in [3.63, 3.8) is 0 Å². The Labute approximate surface area is 163 Å². The number of anilines is 1. The van der Waals surface area contributed by atoms with Gasteiger partial charge in [-0.1, -0.05) is 31.4 Å². The number of hydrogen-bond donors (Lipinski definition) is 1. The summed E-state index contributed by atoms with van der Waals surface area (Å²) in [5, 5.41) is 16.2. The first-order valence-electron chi connectivity index (χ1n) is 9.30. The molecule has 1 aromatic rings. The molecular formula is C20H23N5OS. The maximum Gasteiger partial charge on any atom is 0.283 e. The van der Waals surface area contributed by atoms with Crippen molar-refractivity contribution in [3.05, 3.63) is 35.4 Å². The molecule has 1 fully saturated rings. The molecule has 4 rings (SSSR count). The van der Waals surface area contributed by atoms with Gasteiger partial charge in [0, 0.05) is 25.7 Å². The first kappa shape index (κ1) is 18.0. The van der Waals surface area contributed by atoms with Crippen LogP contribution in [0.5, 0.6) is 0 Å². The molecule has 27 heavy (non-hydrogen) atoms. The zero-order chi connectivity index (χ0) is 19.0. The summed E-state index contributed by atoms with van der Waals surface area (Å²) in [6.45, 7) is 0. The highest BCUT2D eigenvalue weighted by atomic mass is 32.2. The summed E-state index contributed by atoms with van der Waals surface area (Å²) in [5.41, 5.74) is 2.24. The Morgan fingerprint density at radius 3 is 2.56 bits per heavy atom. The predicted molar refractivity (Wildman–Crippen MR) is 112 cm³/mol. The molecule has 1 aliphatic carbocycles. The lowest BCUT2D eigenvalue weighted by molar-refractivity contribution is -0.114. The van der Waals surface area contributed by atoms with Gasteiger partial charge >= 0.3 is 0 Å². The third-order valence-corrected chi connectivity index (χ3v) is 6.22. The topological polar surface area (TPSA) is 72.1 Å². The summed E-state index contributed by atoms with van der Waals surface area (Å²) in [6, 6.07) is 7.86. The van der Waals surface area contributed by atoms with E-state index in [1.807, 2.05) is 43.3 Å². The van der Waals surface area contributed by atoms with Crippen LogP contribution in [0.15, 0.2) is 39.9 Å². The van der Waals surface area contributed by atoms with Crippen molar-refractivity contribution in [1.82, 2.24) is 5.01 Å². The quantitative estimate of drug-likeness (QED) is 0.805. The van der Waals surface area contributed by atoms with E-state index in [1.165, 1.54) is 36.0 Å². The van der Waals surface area contributed by atoms with Gasteiger partial charge in [-0.2, -0.15) is 15.1 Å². The molecule has 0 bridgehead atoms. The monoisotopic (exact) mass is 381 g/mol. The molecule has 0 spiro atoms. The first-order valence-corrected chi connectivity index (χ1v) is 10.1. The minimum absolute atomic E-state index is 0.111. The van der Waals surface area contributed by atoms with Gasteiger partial charge in [0.15, 0.2) is 5.84 Å². The van der Waals surface area contributed by atoms with Crippen LogP contribution < -0.4 is 4.90 Å². The van der Waals surface area contributed by atoms with E-state index in [9.17, 15) is 4.79 Å². The van der Waals surface area contributed by atoms with E-state index < -0.39 is 0 Å². The number of thioether (sulfide) groups is 1. The van der Waals surface area contributed by atoms with Crippen LogP contribution in [0.25, 0.3) is 6.08 Å². The number of carbonyl (C=O) groups excluding carboxylic acids is 1. The minimum atomic E-state index is -0.365. The van der Waals surface area contributed by atoms with E-state index in [0.29, 0.717) is 11.1 Å². The van der Waals surface area contributed by atoms with Crippen LogP contribution in [0.2, 0.25) is 0 Å². The second kappa shape index (κ2) is 7.31. The number of rotatable bonds is 3. The Morgan fingerprint density at radius 2 is 1.89 bits per heavy atom. The Kier molecular flexibility index (Phi) is 4.86. The third-order valence-electron chi connectivity index (χ3n) is 5.15. The zero-order valence-electron chi connectivity index (χ0n) is 15.6. The largest absolute Gasteiger partial charge is 0.378 e. The number of aliphatic imine (C=N–C) groups is 1. The lowest BCUT2D eigenvalue weighted by Crippen LogP contribution is -2.35. The van der Waals surface area contributed by atoms with Crippen LogP contribution in [0.4, 0.5) is 5.69 Å². The second-order valence-corrected chi connectivity index (χ2v) is 8.27. The van der Waals surface area contributed by atoms with Crippen LogP contribution in [0.1, 0.15) is 37.7 Å². The summed E-state index contributed by atoms with van der Waals surface area (Å²) in [5.74, 6) is 0.182. The van der Waals surface area contributed by atoms with Crippen molar-refractivity contribution >= 4 is 45.5 Å². The van der Waals surface area contributed by atoms with Gasteiger partial charge in [0.1, 0.15) is 5.04 Å². The fraction of sp³-hybridized carbons (Fsp3) is 0.400. The average Bonchev–Trinajstić information content (AvgIpc) is 3.10. The molecule has 0 saturated heterocycles. The van der Waals surface area contributed by atoms with Gasteiger partial charge in [0.25, 0.3) is 5.91 Å². The highest BCUT2D eigenvalue weighted by Gasteiger charge is 2.37. The van der Waals surface area contributed by atoms with E-state index in [1.54, 1.807) is 6.08 Å².